The molecule has 0 aliphatic heterocycles. The highest BCUT2D eigenvalue weighted by atomic mass is 35.5. The van der Waals surface area contributed by atoms with Crippen molar-refractivity contribution in [2.45, 2.75) is 51.6 Å². The predicted molar refractivity (Wildman–Crippen MR) is 160 cm³/mol. The van der Waals surface area contributed by atoms with Crippen molar-refractivity contribution in [1.82, 2.24) is 4.90 Å². The summed E-state index contributed by atoms with van der Waals surface area (Å²) in [5.74, 6) is 0.202. The van der Waals surface area contributed by atoms with Gasteiger partial charge in [-0.25, -0.2) is 13.2 Å². The number of hydrogen-bond donors (Lipinski definition) is 0. The van der Waals surface area contributed by atoms with Gasteiger partial charge in [0.15, 0.2) is 0 Å². The lowest BCUT2D eigenvalue weighted by molar-refractivity contribution is -0.134. The average molecular weight is 615 g/mol. The lowest BCUT2D eigenvalue weighted by Gasteiger charge is -2.28. The molecule has 2 heterocycles. The van der Waals surface area contributed by atoms with Gasteiger partial charge in [0.25, 0.3) is 10.0 Å². The van der Waals surface area contributed by atoms with Crippen molar-refractivity contribution in [2.75, 3.05) is 17.5 Å². The molecule has 0 bridgehead atoms. The van der Waals surface area contributed by atoms with E-state index >= 15 is 0 Å². The number of nitrogens with zero attached hydrogens (tertiary/aromatic N) is 2. The van der Waals surface area contributed by atoms with Crippen LogP contribution in [0.2, 0.25) is 5.02 Å². The summed E-state index contributed by atoms with van der Waals surface area (Å²) in [6.45, 7) is 6.15. The highest BCUT2D eigenvalue weighted by Crippen LogP contribution is 2.37. The van der Waals surface area contributed by atoms with Crippen LogP contribution in [-0.2, 0) is 32.6 Å². The van der Waals surface area contributed by atoms with Crippen LogP contribution in [0.15, 0.2) is 64.1 Å². The van der Waals surface area contributed by atoms with E-state index in [-0.39, 0.29) is 43.0 Å². The molecule has 0 spiro atoms. The third-order valence-electron chi connectivity index (χ3n) is 7.08. The number of halogens is 1. The first-order valence-corrected chi connectivity index (χ1v) is 16.1. The highest BCUT2D eigenvalue weighted by Gasteiger charge is 2.35. The van der Waals surface area contributed by atoms with E-state index in [0.717, 1.165) is 17.5 Å². The third-order valence-corrected chi connectivity index (χ3v) is 10.5. The molecule has 2 aromatic carbocycles. The number of aryl methyl sites for hydroxylation is 1. The van der Waals surface area contributed by atoms with E-state index in [1.807, 2.05) is 6.07 Å². The number of anilines is 1. The highest BCUT2D eigenvalue weighted by molar-refractivity contribution is 7.92. The van der Waals surface area contributed by atoms with Crippen LogP contribution in [0.5, 0.6) is 0 Å². The second-order valence-electron chi connectivity index (χ2n) is 9.93. The van der Waals surface area contributed by atoms with Crippen LogP contribution in [0.4, 0.5) is 5.69 Å². The summed E-state index contributed by atoms with van der Waals surface area (Å²) in [5.41, 5.74) is 1.74. The quantitative estimate of drug-likeness (QED) is 0.173. The molecule has 0 atom stereocenters. The van der Waals surface area contributed by atoms with E-state index in [9.17, 15) is 18.0 Å². The maximum atomic E-state index is 14.1. The van der Waals surface area contributed by atoms with Crippen LogP contribution in [0.1, 0.15) is 53.2 Å². The molecule has 1 fully saturated rings. The van der Waals surface area contributed by atoms with Crippen LogP contribution < -0.4 is 4.31 Å². The number of thiophene rings is 1. The van der Waals surface area contributed by atoms with Gasteiger partial charge in [0.2, 0.25) is 5.91 Å². The molecule has 1 aliphatic rings. The van der Waals surface area contributed by atoms with Gasteiger partial charge in [-0.05, 0) is 98.7 Å². The van der Waals surface area contributed by atoms with E-state index in [0.29, 0.717) is 37.9 Å². The number of ether oxygens (including phenoxy) is 1. The summed E-state index contributed by atoms with van der Waals surface area (Å²) in [5, 5.41) is 1.13. The van der Waals surface area contributed by atoms with E-state index in [1.165, 1.54) is 15.6 Å². The van der Waals surface area contributed by atoms with Crippen molar-refractivity contribution >= 4 is 60.6 Å². The normalized spacial score (nSPS) is 13.4. The van der Waals surface area contributed by atoms with Gasteiger partial charge in [-0.2, -0.15) is 0 Å². The fraction of sp³-hybridized carbons (Fsp3) is 0.333. The minimum absolute atomic E-state index is 0.00835. The van der Waals surface area contributed by atoms with Gasteiger partial charge >= 0.3 is 5.97 Å². The molecule has 1 amide bonds. The summed E-state index contributed by atoms with van der Waals surface area (Å²) in [7, 11) is -4.02. The largest absolute Gasteiger partial charge is 0.467 e. The molecule has 0 radical (unpaired) electrons. The van der Waals surface area contributed by atoms with Crippen molar-refractivity contribution in [3.63, 3.8) is 0 Å². The van der Waals surface area contributed by atoms with Crippen LogP contribution >= 0.6 is 22.9 Å². The number of esters is 1. The van der Waals surface area contributed by atoms with E-state index in [4.69, 9.17) is 20.8 Å². The number of fused-ring (bicyclic) bond motifs is 1. The molecular weight excluding hydrogens is 584 g/mol. The molecular formula is C30H31ClN2O6S2. The van der Waals surface area contributed by atoms with Crippen LogP contribution in [-0.4, -0.2) is 38.3 Å². The number of furan rings is 1. The number of carbonyl (C=O) groups excluding carboxylic acids is 2. The molecule has 216 valence electrons. The van der Waals surface area contributed by atoms with Crippen LogP contribution in [0.3, 0.4) is 0 Å². The van der Waals surface area contributed by atoms with Gasteiger partial charge in [-0.3, -0.25) is 9.10 Å². The van der Waals surface area contributed by atoms with Gasteiger partial charge in [0.05, 0.1) is 30.0 Å². The fourth-order valence-electron chi connectivity index (χ4n) is 4.87. The summed E-state index contributed by atoms with van der Waals surface area (Å²) in [4.78, 5) is 27.9. The van der Waals surface area contributed by atoms with Crippen molar-refractivity contribution in [3.8, 4) is 0 Å². The molecule has 1 saturated carbocycles. The minimum atomic E-state index is -4.02. The Balaban J connectivity index is 1.52. The maximum absolute atomic E-state index is 14.1. The monoisotopic (exact) mass is 614 g/mol. The van der Waals surface area contributed by atoms with Gasteiger partial charge in [0.1, 0.15) is 10.6 Å². The van der Waals surface area contributed by atoms with E-state index < -0.39 is 16.0 Å². The van der Waals surface area contributed by atoms with Gasteiger partial charge in [-0.15, -0.1) is 11.3 Å². The van der Waals surface area contributed by atoms with Crippen molar-refractivity contribution in [3.05, 3.63) is 81.6 Å². The Hall–Kier alpha value is -3.34. The predicted octanol–water partition coefficient (Wildman–Crippen LogP) is 6.79. The lowest BCUT2D eigenvalue weighted by Crippen LogP contribution is -2.34. The average Bonchev–Trinajstić information content (AvgIpc) is 3.57. The van der Waals surface area contributed by atoms with Crippen LogP contribution in [0, 0.1) is 12.8 Å². The minimum Gasteiger partial charge on any atom is -0.467 e. The summed E-state index contributed by atoms with van der Waals surface area (Å²) in [6.07, 6.45) is 3.24. The van der Waals surface area contributed by atoms with Crippen molar-refractivity contribution < 1.29 is 27.2 Å². The maximum Gasteiger partial charge on any atom is 0.348 e. The Labute approximate surface area is 248 Å². The zero-order chi connectivity index (χ0) is 29.3. The molecule has 5 rings (SSSR count). The van der Waals surface area contributed by atoms with Gasteiger partial charge in [0, 0.05) is 28.7 Å². The number of benzene rings is 2. The number of rotatable bonds is 11. The topological polar surface area (TPSA) is 97.1 Å². The third kappa shape index (κ3) is 6.00. The molecule has 41 heavy (non-hydrogen) atoms. The molecule has 1 aliphatic carbocycles. The first kappa shape index (κ1) is 29.2. The summed E-state index contributed by atoms with van der Waals surface area (Å²) in [6, 6.07) is 13.5. The summed E-state index contributed by atoms with van der Waals surface area (Å²) >= 11 is 7.66. The first-order valence-electron chi connectivity index (χ1n) is 13.5. The van der Waals surface area contributed by atoms with Crippen LogP contribution in [0.25, 0.3) is 10.1 Å². The molecule has 0 N–H and O–H groups in total. The first-order chi connectivity index (χ1) is 19.6. The van der Waals surface area contributed by atoms with E-state index in [1.54, 1.807) is 74.4 Å². The molecule has 4 aromatic rings. The molecule has 0 saturated heterocycles. The van der Waals surface area contributed by atoms with Gasteiger partial charge < -0.3 is 14.1 Å². The number of amides is 1. The van der Waals surface area contributed by atoms with Crippen molar-refractivity contribution in [2.24, 2.45) is 5.92 Å². The Morgan fingerprint density at radius 2 is 1.88 bits per heavy atom. The zero-order valence-electron chi connectivity index (χ0n) is 23.1. The Morgan fingerprint density at radius 3 is 2.54 bits per heavy atom. The Morgan fingerprint density at radius 1 is 1.10 bits per heavy atom. The second kappa shape index (κ2) is 11.9. The van der Waals surface area contributed by atoms with Crippen molar-refractivity contribution in [1.29, 1.82) is 0 Å². The zero-order valence-corrected chi connectivity index (χ0v) is 25.4. The molecule has 2 aromatic heterocycles. The Kier molecular flexibility index (Phi) is 8.45. The molecule has 0 unspecified atom stereocenters. The fourth-order valence-corrected chi connectivity index (χ4v) is 7.69. The molecule has 8 nitrogen and oxygen atoms in total. The number of carbonyl (C=O) groups is 2. The van der Waals surface area contributed by atoms with Gasteiger partial charge in [-0.1, -0.05) is 11.6 Å². The smallest absolute Gasteiger partial charge is 0.348 e. The number of sulfonamides is 1. The second-order valence-corrected chi connectivity index (χ2v) is 13.3. The standard InChI is InChI=1S/C30H31ClN2O6S2/c1-4-33(41(36,37)24-11-13-27-25(16-24)19(3)28(40-27)30(35)38-5-2)26-12-10-22(31)15-21(26)17-32(29(34)20-8-9-20)18-23-7-6-14-39-23/h6-7,10-16,20H,4-5,8-9,17-18H2,1-3H3. The number of hydrogen-bond acceptors (Lipinski definition) is 7. The Bertz CT molecular complexity index is 1690. The summed E-state index contributed by atoms with van der Waals surface area (Å²) < 4.78 is 41.0. The SMILES string of the molecule is CCOC(=O)c1sc2ccc(S(=O)(=O)N(CC)c3ccc(Cl)cc3CN(Cc3ccco3)C(=O)C3CC3)cc2c1C. The lowest BCUT2D eigenvalue weighted by atomic mass is 10.1. The molecule has 11 heteroatoms. The van der Waals surface area contributed by atoms with E-state index in [2.05, 4.69) is 0 Å².